The molecule has 26 heteroatoms. The molecule has 0 aromatic carbocycles. The van der Waals surface area contributed by atoms with E-state index in [9.17, 15) is 38.4 Å². The van der Waals surface area contributed by atoms with Crippen molar-refractivity contribution in [1.29, 1.82) is 0 Å². The first-order valence-corrected chi connectivity index (χ1v) is 27.2. The van der Waals surface area contributed by atoms with Crippen LogP contribution < -0.4 is 0 Å². The smallest absolute Gasteiger partial charge is 0.308 e. The zero-order valence-corrected chi connectivity index (χ0v) is 44.3. The summed E-state index contributed by atoms with van der Waals surface area (Å²) in [6.45, 7) is 9.37. The van der Waals surface area contributed by atoms with E-state index in [0.29, 0.717) is 68.0 Å². The Balaban J connectivity index is 0.000000217. The third-order valence-electron chi connectivity index (χ3n) is 9.24. The molecule has 16 nitrogen and oxygen atoms in total. The molecule has 3 fully saturated rings. The van der Waals surface area contributed by atoms with Gasteiger partial charge in [0.05, 0.1) is 25.6 Å². The van der Waals surface area contributed by atoms with Crippen LogP contribution in [0.3, 0.4) is 0 Å². The van der Waals surface area contributed by atoms with E-state index in [2.05, 4.69) is 6.92 Å². The summed E-state index contributed by atoms with van der Waals surface area (Å²) >= 11 is 24.9. The molecule has 3 N–H and O–H groups in total. The lowest BCUT2D eigenvalue weighted by molar-refractivity contribution is -0.138. The molecule has 0 atom stereocenters. The van der Waals surface area contributed by atoms with E-state index in [-0.39, 0.29) is 58.4 Å². The first-order chi connectivity index (χ1) is 31.2. The van der Waals surface area contributed by atoms with Crippen molar-refractivity contribution in [3.63, 3.8) is 0 Å². The number of thiocarbonyl (C=S) groups is 3. The third-order valence-corrected chi connectivity index (χ3v) is 19.1. The molecule has 5 amide bonds. The highest BCUT2D eigenvalue weighted by molar-refractivity contribution is 8.31. The van der Waals surface area contributed by atoms with Crippen LogP contribution in [0.4, 0.5) is 0 Å². The van der Waals surface area contributed by atoms with E-state index in [1.165, 1.54) is 90.2 Å². The molecule has 0 aromatic rings. The van der Waals surface area contributed by atoms with E-state index in [4.69, 9.17) is 52.0 Å². The standard InChI is InChI=1S/C15H18N2O4S3.C13H14N2O4S3.C12H13NO3S4/c1-9-8-23-14(24-9)11-12(20)16(2)15(22)17(13(11)21)7-5-3-4-6-10(18)19;1-3-14-10(18)9(11(19)15(4-2)13(14)20)12-21-6-7(22-12)5-8(16)17;1-2-3-4-13-10(16)9(20-12(13)17)11-18-6-7(19-11)5-8(14)15/h8H,3-7H2,1-2H3,(H,18,19);6H,3-5H2,1-2H3,(H,16,17);6H,2-5H2,1H3,(H,14,15)/b14-11+;;11-9+. The van der Waals surface area contributed by atoms with Crippen molar-refractivity contribution < 1.29 is 53.7 Å². The number of hydrogen-bond acceptors (Lipinski definition) is 18. The normalized spacial score (nSPS) is 21.1. The van der Waals surface area contributed by atoms with Gasteiger partial charge in [0.1, 0.15) is 20.4 Å². The second kappa shape index (κ2) is 26.1. The van der Waals surface area contributed by atoms with Crippen LogP contribution in [0.2, 0.25) is 0 Å². The van der Waals surface area contributed by atoms with Gasteiger partial charge in [-0.1, -0.05) is 114 Å². The number of likely N-dealkylation sites (N-methyl/N-ethyl adjacent to an activating group) is 3. The third kappa shape index (κ3) is 14.2. The van der Waals surface area contributed by atoms with E-state index < -0.39 is 29.7 Å². The molecule has 6 rings (SSSR count). The second-order valence-corrected chi connectivity index (χ2v) is 23.3. The number of hydrogen-bond donors (Lipinski definition) is 3. The SMILES string of the molecule is CC1=CS/C(=C2/C(=O)N(C)C(=S)N(CCCCCC(=O)O)C2=O)S1.CCCCN1C(=O)/C(=C2/SC=C(CC(=O)O)S2)SC1=S.CCN1C(=O)C(=C2SC=C(CC(=O)O)S2)C(=O)N(CC)C1=S. The van der Waals surface area contributed by atoms with Crippen LogP contribution in [-0.2, 0) is 38.4 Å². The van der Waals surface area contributed by atoms with Crippen molar-refractivity contribution in [3.05, 3.63) is 59.7 Å². The zero-order valence-electron chi connectivity index (χ0n) is 36.1. The van der Waals surface area contributed by atoms with Crippen LogP contribution in [0, 0.1) is 0 Å². The summed E-state index contributed by atoms with van der Waals surface area (Å²) in [7, 11) is 1.57. The van der Waals surface area contributed by atoms with E-state index in [0.717, 1.165) is 38.7 Å². The van der Waals surface area contributed by atoms with Crippen LogP contribution in [0.15, 0.2) is 59.7 Å². The van der Waals surface area contributed by atoms with Gasteiger partial charge in [-0.2, -0.15) is 0 Å². The van der Waals surface area contributed by atoms with Crippen LogP contribution in [0.5, 0.6) is 0 Å². The highest BCUT2D eigenvalue weighted by Crippen LogP contribution is 2.51. The monoisotopic (exact) mass is 1090 g/mol. The fraction of sp³-hybridized carbons (Fsp3) is 0.425. The summed E-state index contributed by atoms with van der Waals surface area (Å²) in [5.41, 5.74) is 0.240. The molecule has 66 heavy (non-hydrogen) atoms. The Morgan fingerprint density at radius 1 is 0.561 bits per heavy atom. The molecule has 6 aliphatic heterocycles. The van der Waals surface area contributed by atoms with Crippen molar-refractivity contribution in [2.75, 3.05) is 33.2 Å². The molecule has 0 radical (unpaired) electrons. The molecule has 0 bridgehead atoms. The fourth-order valence-electron chi connectivity index (χ4n) is 5.96. The molecule has 6 aliphatic rings. The van der Waals surface area contributed by atoms with Gasteiger partial charge in [-0.3, -0.25) is 62.9 Å². The Kier molecular flexibility index (Phi) is 21.9. The zero-order chi connectivity index (χ0) is 49.0. The lowest BCUT2D eigenvalue weighted by Crippen LogP contribution is -2.56. The van der Waals surface area contributed by atoms with Gasteiger partial charge >= 0.3 is 17.9 Å². The van der Waals surface area contributed by atoms with Gasteiger partial charge in [-0.15, -0.1) is 0 Å². The van der Waals surface area contributed by atoms with Crippen molar-refractivity contribution in [2.45, 2.75) is 79.1 Å². The average molecular weight is 1090 g/mol. The molecule has 356 valence electrons. The van der Waals surface area contributed by atoms with Gasteiger partial charge in [0.15, 0.2) is 10.2 Å². The van der Waals surface area contributed by atoms with Crippen molar-refractivity contribution in [2.24, 2.45) is 0 Å². The molecule has 0 aromatic heterocycles. The van der Waals surface area contributed by atoms with E-state index in [1.54, 1.807) is 36.6 Å². The van der Waals surface area contributed by atoms with Gasteiger partial charge in [-0.05, 0) is 85.6 Å². The molecular formula is C40H45N5O11S10. The predicted molar refractivity (Wildman–Crippen MR) is 278 cm³/mol. The number of unbranched alkanes of at least 4 members (excludes halogenated alkanes) is 3. The number of rotatable bonds is 15. The van der Waals surface area contributed by atoms with Gasteiger partial charge in [0.25, 0.3) is 29.5 Å². The summed E-state index contributed by atoms with van der Waals surface area (Å²) in [5.74, 6) is -4.24. The second-order valence-electron chi connectivity index (χ2n) is 14.0. The van der Waals surface area contributed by atoms with Gasteiger partial charge in [0.2, 0.25) is 0 Å². The number of allylic oxidation sites excluding steroid dienone is 1. The van der Waals surface area contributed by atoms with Crippen molar-refractivity contribution in [1.82, 2.24) is 24.5 Å². The quantitative estimate of drug-likeness (QED) is 0.0608. The number of amides is 5. The highest BCUT2D eigenvalue weighted by atomic mass is 32.2. The van der Waals surface area contributed by atoms with Crippen LogP contribution in [0.1, 0.15) is 79.1 Å². The Morgan fingerprint density at radius 3 is 1.58 bits per heavy atom. The number of carboxylic acids is 3. The van der Waals surface area contributed by atoms with E-state index in [1.807, 2.05) is 12.3 Å². The van der Waals surface area contributed by atoms with Crippen molar-refractivity contribution in [3.8, 4) is 0 Å². The van der Waals surface area contributed by atoms with Crippen LogP contribution >= 0.6 is 119 Å². The Morgan fingerprint density at radius 2 is 1.06 bits per heavy atom. The molecule has 0 unspecified atom stereocenters. The minimum absolute atomic E-state index is 0.00268. The molecular weight excluding hydrogens is 1050 g/mol. The highest BCUT2D eigenvalue weighted by Gasteiger charge is 2.42. The maximum Gasteiger partial charge on any atom is 0.308 e. The number of nitrogens with zero attached hydrogens (tertiary/aromatic N) is 5. The minimum atomic E-state index is -0.946. The van der Waals surface area contributed by atoms with Crippen LogP contribution in [-0.4, -0.2) is 135 Å². The first-order valence-electron chi connectivity index (χ1n) is 20.1. The lowest BCUT2D eigenvalue weighted by Gasteiger charge is -2.35. The molecule has 0 spiro atoms. The van der Waals surface area contributed by atoms with Gasteiger partial charge < -0.3 is 15.3 Å². The fourth-order valence-corrected chi connectivity index (χ4v) is 15.0. The molecule has 0 saturated carbocycles. The van der Waals surface area contributed by atoms with Gasteiger partial charge in [0, 0.05) is 49.5 Å². The number of aliphatic carboxylic acids is 3. The van der Waals surface area contributed by atoms with Crippen molar-refractivity contribution >= 4 is 181 Å². The number of thioether (sulfide) groups is 7. The largest absolute Gasteiger partial charge is 0.481 e. The Labute approximate surface area is 427 Å². The maximum absolute atomic E-state index is 12.7. The van der Waals surface area contributed by atoms with Gasteiger partial charge in [-0.25, -0.2) is 0 Å². The number of carboxylic acid groups (broad SMARTS) is 3. The summed E-state index contributed by atoms with van der Waals surface area (Å²) in [5, 5.41) is 32.0. The number of carbonyl (C=O) groups excluding carboxylic acids is 5. The summed E-state index contributed by atoms with van der Waals surface area (Å²) in [6.07, 6.45) is 3.82. The summed E-state index contributed by atoms with van der Waals surface area (Å²) in [6, 6.07) is 0. The topological polar surface area (TPSA) is 213 Å². The summed E-state index contributed by atoms with van der Waals surface area (Å²) in [4.78, 5) is 105. The molecule has 0 aliphatic carbocycles. The number of carbonyl (C=O) groups is 8. The predicted octanol–water partition coefficient (Wildman–Crippen LogP) is 8.37. The summed E-state index contributed by atoms with van der Waals surface area (Å²) < 4.78 is 2.65. The Bertz CT molecular complexity index is 2280. The first kappa shape index (κ1) is 55.5. The Hall–Kier alpha value is -3.08. The average Bonchev–Trinajstić information content (AvgIpc) is 4.06. The van der Waals surface area contributed by atoms with E-state index >= 15 is 0 Å². The molecule has 6 heterocycles. The lowest BCUT2D eigenvalue weighted by atomic mass is 10.1. The van der Waals surface area contributed by atoms with Crippen LogP contribution in [0.25, 0.3) is 0 Å². The molecule has 3 saturated heterocycles. The maximum atomic E-state index is 12.7. The minimum Gasteiger partial charge on any atom is -0.481 e.